The van der Waals surface area contributed by atoms with E-state index in [2.05, 4.69) is 204 Å². The van der Waals surface area contributed by atoms with E-state index in [1.54, 1.807) is 0 Å². The molecule has 0 N–H and O–H groups in total. The second-order valence-corrected chi connectivity index (χ2v) is 14.2. The standard InChI is InChI=1S/C52H34N2O/c1-3-11-40(12-4-1)53(43-30-31-45-44-15-7-9-17-48(44)54(49(45)34-43)41-13-5-2-6-14-41)42-28-25-36(26-29-42)35-19-21-37(22-20-35)39-24-23-38-27-32-51-52(47(38)33-39)46-16-8-10-18-50(46)55-51/h1-34H. The summed E-state index contributed by atoms with van der Waals surface area (Å²) in [7, 11) is 0. The summed E-state index contributed by atoms with van der Waals surface area (Å²) in [6.45, 7) is 0. The van der Waals surface area contributed by atoms with E-state index in [-0.39, 0.29) is 0 Å². The maximum absolute atomic E-state index is 6.19. The van der Waals surface area contributed by atoms with Crippen LogP contribution in [-0.2, 0) is 0 Å². The minimum absolute atomic E-state index is 0.922. The zero-order valence-corrected chi connectivity index (χ0v) is 29.9. The van der Waals surface area contributed by atoms with Crippen molar-refractivity contribution in [3.63, 3.8) is 0 Å². The Morgan fingerprint density at radius 2 is 0.909 bits per heavy atom. The Morgan fingerprint density at radius 3 is 1.69 bits per heavy atom. The van der Waals surface area contributed by atoms with Crippen molar-refractivity contribution in [1.29, 1.82) is 0 Å². The topological polar surface area (TPSA) is 21.3 Å². The zero-order chi connectivity index (χ0) is 36.3. The molecule has 0 saturated carbocycles. The molecule has 0 radical (unpaired) electrons. The summed E-state index contributed by atoms with van der Waals surface area (Å²) < 4.78 is 8.57. The number of benzene rings is 9. The molecule has 11 aromatic rings. The largest absolute Gasteiger partial charge is 0.456 e. The van der Waals surface area contributed by atoms with E-state index < -0.39 is 0 Å². The van der Waals surface area contributed by atoms with Gasteiger partial charge in [0.1, 0.15) is 11.2 Å². The summed E-state index contributed by atoms with van der Waals surface area (Å²) in [6.07, 6.45) is 0. The van der Waals surface area contributed by atoms with Crippen LogP contribution < -0.4 is 4.90 Å². The first-order valence-electron chi connectivity index (χ1n) is 18.8. The van der Waals surface area contributed by atoms with Gasteiger partial charge in [-0.3, -0.25) is 0 Å². The number of rotatable bonds is 6. The number of hydrogen-bond acceptors (Lipinski definition) is 2. The smallest absolute Gasteiger partial charge is 0.136 e. The first kappa shape index (κ1) is 31.2. The number of fused-ring (bicyclic) bond motifs is 8. The fraction of sp³-hybridized carbons (Fsp3) is 0. The lowest BCUT2D eigenvalue weighted by Crippen LogP contribution is -2.10. The molecule has 0 saturated heterocycles. The summed E-state index contributed by atoms with van der Waals surface area (Å²) in [5.41, 5.74) is 13.4. The van der Waals surface area contributed by atoms with Gasteiger partial charge in [-0.15, -0.1) is 0 Å². The highest BCUT2D eigenvalue weighted by Gasteiger charge is 2.18. The van der Waals surface area contributed by atoms with Crippen molar-refractivity contribution in [3.05, 3.63) is 206 Å². The highest BCUT2D eigenvalue weighted by molar-refractivity contribution is 6.19. The van der Waals surface area contributed by atoms with Gasteiger partial charge in [-0.25, -0.2) is 0 Å². The minimum atomic E-state index is 0.922. The van der Waals surface area contributed by atoms with Crippen LogP contribution in [0.3, 0.4) is 0 Å². The molecule has 0 unspecified atom stereocenters. The van der Waals surface area contributed by atoms with Crippen LogP contribution in [0.25, 0.3) is 82.5 Å². The predicted octanol–water partition coefficient (Wildman–Crippen LogP) is 14.6. The zero-order valence-electron chi connectivity index (χ0n) is 29.9. The van der Waals surface area contributed by atoms with E-state index in [0.29, 0.717) is 0 Å². The molecular weight excluding hydrogens is 669 g/mol. The van der Waals surface area contributed by atoms with Crippen molar-refractivity contribution in [2.45, 2.75) is 0 Å². The highest BCUT2D eigenvalue weighted by Crippen LogP contribution is 2.41. The molecule has 55 heavy (non-hydrogen) atoms. The van der Waals surface area contributed by atoms with Gasteiger partial charge in [-0.05, 0) is 106 Å². The third kappa shape index (κ3) is 5.20. The second-order valence-electron chi connectivity index (χ2n) is 14.2. The van der Waals surface area contributed by atoms with Crippen LogP contribution in [0, 0.1) is 0 Å². The molecule has 9 aromatic carbocycles. The molecule has 0 fully saturated rings. The van der Waals surface area contributed by atoms with Crippen LogP contribution in [0.4, 0.5) is 17.1 Å². The molecule has 11 rings (SSSR count). The number of furan rings is 1. The van der Waals surface area contributed by atoms with E-state index in [1.165, 1.54) is 60.2 Å². The first-order chi connectivity index (χ1) is 27.3. The summed E-state index contributed by atoms with van der Waals surface area (Å²) in [5, 5.41) is 7.24. The summed E-state index contributed by atoms with van der Waals surface area (Å²) in [4.78, 5) is 2.35. The maximum atomic E-state index is 6.19. The van der Waals surface area contributed by atoms with Gasteiger partial charge in [0, 0.05) is 44.3 Å². The van der Waals surface area contributed by atoms with Gasteiger partial charge in [-0.2, -0.15) is 0 Å². The number of aromatic nitrogens is 1. The molecule has 0 bridgehead atoms. The third-order valence-corrected chi connectivity index (χ3v) is 11.0. The van der Waals surface area contributed by atoms with Crippen molar-refractivity contribution in [2.75, 3.05) is 4.90 Å². The Balaban J connectivity index is 0.955. The Hall–Kier alpha value is -7.36. The van der Waals surface area contributed by atoms with Crippen LogP contribution in [0.15, 0.2) is 211 Å². The van der Waals surface area contributed by atoms with Crippen molar-refractivity contribution in [2.24, 2.45) is 0 Å². The van der Waals surface area contributed by atoms with Gasteiger partial charge in [0.15, 0.2) is 0 Å². The molecule has 0 aliphatic rings. The lowest BCUT2D eigenvalue weighted by molar-refractivity contribution is 0.669. The molecule has 0 aliphatic carbocycles. The normalized spacial score (nSPS) is 11.6. The molecule has 0 amide bonds. The van der Waals surface area contributed by atoms with Crippen molar-refractivity contribution in [3.8, 4) is 27.9 Å². The maximum Gasteiger partial charge on any atom is 0.136 e. The molecule has 0 spiro atoms. The molecule has 0 aliphatic heterocycles. The van der Waals surface area contributed by atoms with Crippen molar-refractivity contribution < 1.29 is 4.42 Å². The molecule has 0 atom stereocenters. The third-order valence-electron chi connectivity index (χ3n) is 11.0. The molecular formula is C52H34N2O. The predicted molar refractivity (Wildman–Crippen MR) is 231 cm³/mol. The second kappa shape index (κ2) is 12.6. The SMILES string of the molecule is c1ccc(N(c2ccc(-c3ccc(-c4ccc5ccc6oc7ccccc7c6c5c4)cc3)cc2)c2ccc3c4ccccc4n(-c4ccccc4)c3c2)cc1. The number of para-hydroxylation sites is 4. The van der Waals surface area contributed by atoms with Crippen LogP contribution in [0.1, 0.15) is 0 Å². The van der Waals surface area contributed by atoms with Crippen molar-refractivity contribution in [1.82, 2.24) is 4.57 Å². The van der Waals surface area contributed by atoms with Gasteiger partial charge in [0.05, 0.1) is 11.0 Å². The number of anilines is 3. The van der Waals surface area contributed by atoms with E-state index in [9.17, 15) is 0 Å². The Bertz CT molecular complexity index is 3180. The summed E-state index contributed by atoms with van der Waals surface area (Å²) in [5.74, 6) is 0. The van der Waals surface area contributed by atoms with Gasteiger partial charge < -0.3 is 13.9 Å². The van der Waals surface area contributed by atoms with E-state index in [4.69, 9.17) is 4.42 Å². The van der Waals surface area contributed by atoms with Gasteiger partial charge in [-0.1, -0.05) is 133 Å². The van der Waals surface area contributed by atoms with Crippen LogP contribution in [-0.4, -0.2) is 4.57 Å². The van der Waals surface area contributed by atoms with Gasteiger partial charge in [0.2, 0.25) is 0 Å². The first-order valence-corrected chi connectivity index (χ1v) is 18.8. The molecule has 258 valence electrons. The molecule has 3 heteroatoms. The summed E-state index contributed by atoms with van der Waals surface area (Å²) in [6, 6.07) is 73.9. The van der Waals surface area contributed by atoms with E-state index in [1.807, 2.05) is 12.1 Å². The fourth-order valence-electron chi connectivity index (χ4n) is 8.36. The van der Waals surface area contributed by atoms with E-state index >= 15 is 0 Å². The molecule has 2 heterocycles. The van der Waals surface area contributed by atoms with Crippen LogP contribution in [0.2, 0.25) is 0 Å². The number of nitrogens with zero attached hydrogens (tertiary/aromatic N) is 2. The lowest BCUT2D eigenvalue weighted by atomic mass is 9.96. The molecule has 3 nitrogen and oxygen atoms in total. The van der Waals surface area contributed by atoms with Crippen LogP contribution in [0.5, 0.6) is 0 Å². The Morgan fingerprint density at radius 1 is 0.345 bits per heavy atom. The highest BCUT2D eigenvalue weighted by atomic mass is 16.3. The number of hydrogen-bond donors (Lipinski definition) is 0. The fourth-order valence-corrected chi connectivity index (χ4v) is 8.36. The molecule has 2 aromatic heterocycles. The van der Waals surface area contributed by atoms with Crippen molar-refractivity contribution >= 4 is 71.6 Å². The monoisotopic (exact) mass is 702 g/mol. The average Bonchev–Trinajstić information content (AvgIpc) is 3.81. The van der Waals surface area contributed by atoms with Gasteiger partial charge in [0.25, 0.3) is 0 Å². The Kier molecular flexibility index (Phi) is 7.17. The quantitative estimate of drug-likeness (QED) is 0.172. The van der Waals surface area contributed by atoms with Crippen LogP contribution >= 0.6 is 0 Å². The van der Waals surface area contributed by atoms with Gasteiger partial charge >= 0.3 is 0 Å². The average molecular weight is 703 g/mol. The Labute approximate surface area is 318 Å². The minimum Gasteiger partial charge on any atom is -0.456 e. The van der Waals surface area contributed by atoms with E-state index in [0.717, 1.165) is 39.3 Å². The summed E-state index contributed by atoms with van der Waals surface area (Å²) >= 11 is 0. The lowest BCUT2D eigenvalue weighted by Gasteiger charge is -2.26.